The van der Waals surface area contributed by atoms with Crippen molar-refractivity contribution in [2.75, 3.05) is 6.54 Å². The van der Waals surface area contributed by atoms with E-state index in [2.05, 4.69) is 0 Å². The van der Waals surface area contributed by atoms with Gasteiger partial charge >= 0.3 is 5.97 Å². The highest BCUT2D eigenvalue weighted by atomic mass is 35.5. The van der Waals surface area contributed by atoms with Crippen LogP contribution in [0.1, 0.15) is 19.3 Å². The first-order valence-electron chi connectivity index (χ1n) is 8.94. The highest BCUT2D eigenvalue weighted by Crippen LogP contribution is 2.35. The van der Waals surface area contributed by atoms with Crippen molar-refractivity contribution < 1.29 is 19.1 Å². The standard InChI is InChI=1S/C21H18ClNO4/c22-17-9-10-18(14-6-2-1-5-13(14)17)27-19(24)11-12-23-20(25)15-7-3-4-8-16(15)21(23)26/h1-6,9-10,15-16H,7-8,11-12H2/t15-,16-/m1/s1. The van der Waals surface area contributed by atoms with Crippen LogP contribution in [0.15, 0.2) is 48.6 Å². The molecule has 2 amide bonds. The normalized spacial score (nSPS) is 21.6. The minimum atomic E-state index is -0.490. The number of hydrogen-bond donors (Lipinski definition) is 0. The van der Waals surface area contributed by atoms with E-state index in [1.54, 1.807) is 12.1 Å². The minimum absolute atomic E-state index is 0.0404. The SMILES string of the molecule is O=C(CCN1C(=O)[C@@H]2CC=CC[C@H]2C1=O)Oc1ccc(Cl)c2ccccc12. The minimum Gasteiger partial charge on any atom is -0.426 e. The lowest BCUT2D eigenvalue weighted by Gasteiger charge is -2.14. The molecule has 4 rings (SSSR count). The van der Waals surface area contributed by atoms with Gasteiger partial charge in [-0.3, -0.25) is 19.3 Å². The van der Waals surface area contributed by atoms with Crippen molar-refractivity contribution >= 4 is 40.2 Å². The lowest BCUT2D eigenvalue weighted by Crippen LogP contribution is -2.33. The summed E-state index contributed by atoms with van der Waals surface area (Å²) in [6.07, 6.45) is 5.02. The van der Waals surface area contributed by atoms with Crippen LogP contribution in [0.2, 0.25) is 5.02 Å². The molecule has 27 heavy (non-hydrogen) atoms. The third-order valence-electron chi connectivity index (χ3n) is 5.19. The second-order valence-corrected chi connectivity index (χ2v) is 7.21. The van der Waals surface area contributed by atoms with Crippen LogP contribution < -0.4 is 4.74 Å². The lowest BCUT2D eigenvalue weighted by atomic mass is 9.85. The van der Waals surface area contributed by atoms with Gasteiger partial charge in [0.05, 0.1) is 18.3 Å². The average molecular weight is 384 g/mol. The maximum absolute atomic E-state index is 12.4. The van der Waals surface area contributed by atoms with Crippen LogP contribution in [0.4, 0.5) is 0 Å². The molecule has 0 spiro atoms. The number of ether oxygens (including phenoxy) is 1. The second-order valence-electron chi connectivity index (χ2n) is 6.80. The van der Waals surface area contributed by atoms with Crippen LogP contribution in [-0.2, 0) is 14.4 Å². The van der Waals surface area contributed by atoms with E-state index < -0.39 is 5.97 Å². The number of likely N-dealkylation sites (tertiary alicyclic amines) is 1. The fourth-order valence-electron chi connectivity index (χ4n) is 3.79. The Morgan fingerprint density at radius 1 is 1.00 bits per heavy atom. The molecule has 2 atom stereocenters. The van der Waals surface area contributed by atoms with Crippen molar-refractivity contribution in [3.05, 3.63) is 53.6 Å². The Labute approximate surface area is 161 Å². The van der Waals surface area contributed by atoms with Crippen LogP contribution in [0.3, 0.4) is 0 Å². The molecule has 1 saturated heterocycles. The largest absolute Gasteiger partial charge is 0.426 e. The Balaban J connectivity index is 1.43. The van der Waals surface area contributed by atoms with Crippen LogP contribution in [0.5, 0.6) is 5.75 Å². The molecule has 0 bridgehead atoms. The van der Waals surface area contributed by atoms with Crippen molar-refractivity contribution in [3.63, 3.8) is 0 Å². The van der Waals surface area contributed by atoms with E-state index in [0.29, 0.717) is 23.6 Å². The van der Waals surface area contributed by atoms with E-state index in [1.165, 1.54) is 4.90 Å². The number of fused-ring (bicyclic) bond motifs is 2. The Bertz CT molecular complexity index is 942. The summed E-state index contributed by atoms with van der Waals surface area (Å²) in [6, 6.07) is 10.7. The van der Waals surface area contributed by atoms with Gasteiger partial charge < -0.3 is 4.74 Å². The number of esters is 1. The van der Waals surface area contributed by atoms with E-state index in [0.717, 1.165) is 10.8 Å². The van der Waals surface area contributed by atoms with Crippen molar-refractivity contribution in [1.82, 2.24) is 4.90 Å². The zero-order valence-corrected chi connectivity index (χ0v) is 15.3. The lowest BCUT2D eigenvalue weighted by molar-refractivity contribution is -0.141. The van der Waals surface area contributed by atoms with Crippen LogP contribution in [-0.4, -0.2) is 29.2 Å². The fourth-order valence-corrected chi connectivity index (χ4v) is 4.02. The topological polar surface area (TPSA) is 63.7 Å². The molecule has 2 aromatic rings. The molecule has 1 fully saturated rings. The summed E-state index contributed by atoms with van der Waals surface area (Å²) < 4.78 is 5.47. The highest BCUT2D eigenvalue weighted by Gasteiger charge is 2.46. The van der Waals surface area contributed by atoms with Gasteiger partial charge in [-0.1, -0.05) is 48.0 Å². The average Bonchev–Trinajstić information content (AvgIpc) is 2.93. The molecule has 138 valence electrons. The molecule has 0 saturated carbocycles. The van der Waals surface area contributed by atoms with Gasteiger partial charge in [0.1, 0.15) is 5.75 Å². The maximum Gasteiger partial charge on any atom is 0.313 e. The molecule has 6 heteroatoms. The monoisotopic (exact) mass is 383 g/mol. The Hall–Kier alpha value is -2.66. The summed E-state index contributed by atoms with van der Waals surface area (Å²) in [5.41, 5.74) is 0. The van der Waals surface area contributed by atoms with Gasteiger partial charge in [0.2, 0.25) is 11.8 Å². The number of benzene rings is 2. The molecule has 2 aromatic carbocycles. The van der Waals surface area contributed by atoms with Gasteiger partial charge in [-0.25, -0.2) is 0 Å². The van der Waals surface area contributed by atoms with E-state index in [1.807, 2.05) is 36.4 Å². The van der Waals surface area contributed by atoms with Crippen molar-refractivity contribution in [2.45, 2.75) is 19.3 Å². The molecular formula is C21H18ClNO4. The first-order valence-corrected chi connectivity index (χ1v) is 9.32. The number of amides is 2. The summed E-state index contributed by atoms with van der Waals surface area (Å²) in [4.78, 5) is 38.4. The third-order valence-corrected chi connectivity index (χ3v) is 5.52. The molecule has 0 N–H and O–H groups in total. The number of nitrogens with zero attached hydrogens (tertiary/aromatic N) is 1. The number of allylic oxidation sites excluding steroid dienone is 2. The van der Waals surface area contributed by atoms with Gasteiger partial charge in [-0.05, 0) is 25.0 Å². The van der Waals surface area contributed by atoms with Gasteiger partial charge in [0.15, 0.2) is 0 Å². The Morgan fingerprint density at radius 2 is 1.63 bits per heavy atom. The van der Waals surface area contributed by atoms with Crippen molar-refractivity contribution in [1.29, 1.82) is 0 Å². The number of carbonyl (C=O) groups excluding carboxylic acids is 3. The Kier molecular flexibility index (Phi) is 4.70. The molecule has 0 radical (unpaired) electrons. The first-order chi connectivity index (χ1) is 13.1. The number of rotatable bonds is 4. The number of carbonyl (C=O) groups is 3. The van der Waals surface area contributed by atoms with Crippen LogP contribution >= 0.6 is 11.6 Å². The van der Waals surface area contributed by atoms with Gasteiger partial charge in [0, 0.05) is 22.3 Å². The van der Waals surface area contributed by atoms with Crippen LogP contribution in [0, 0.1) is 11.8 Å². The highest BCUT2D eigenvalue weighted by molar-refractivity contribution is 6.35. The zero-order valence-electron chi connectivity index (χ0n) is 14.6. The smallest absolute Gasteiger partial charge is 0.313 e. The van der Waals surface area contributed by atoms with E-state index in [9.17, 15) is 14.4 Å². The molecule has 0 unspecified atom stereocenters. The van der Waals surface area contributed by atoms with Gasteiger partial charge in [-0.2, -0.15) is 0 Å². The summed E-state index contributed by atoms with van der Waals surface area (Å²) in [7, 11) is 0. The van der Waals surface area contributed by atoms with Crippen molar-refractivity contribution in [3.8, 4) is 5.75 Å². The summed E-state index contributed by atoms with van der Waals surface area (Å²) in [5, 5.41) is 2.12. The molecule has 2 aliphatic rings. The summed E-state index contributed by atoms with van der Waals surface area (Å²) >= 11 is 6.18. The predicted molar refractivity (Wildman–Crippen MR) is 101 cm³/mol. The molecule has 1 heterocycles. The quantitative estimate of drug-likeness (QED) is 0.349. The van der Waals surface area contributed by atoms with Gasteiger partial charge in [-0.15, -0.1) is 0 Å². The molecule has 0 aromatic heterocycles. The van der Waals surface area contributed by atoms with Crippen LogP contribution in [0.25, 0.3) is 10.8 Å². The van der Waals surface area contributed by atoms with Crippen molar-refractivity contribution in [2.24, 2.45) is 11.8 Å². The van der Waals surface area contributed by atoms with E-state index >= 15 is 0 Å². The Morgan fingerprint density at radius 3 is 2.30 bits per heavy atom. The number of imide groups is 1. The number of hydrogen-bond acceptors (Lipinski definition) is 4. The fraction of sp³-hybridized carbons (Fsp3) is 0.286. The summed E-state index contributed by atoms with van der Waals surface area (Å²) in [6.45, 7) is 0.0506. The zero-order chi connectivity index (χ0) is 19.0. The summed E-state index contributed by atoms with van der Waals surface area (Å²) in [5.74, 6) is -0.997. The first kappa shape index (κ1) is 17.7. The van der Waals surface area contributed by atoms with Gasteiger partial charge in [0.25, 0.3) is 0 Å². The van der Waals surface area contributed by atoms with E-state index in [4.69, 9.17) is 16.3 Å². The number of halogens is 1. The predicted octanol–water partition coefficient (Wildman–Crippen LogP) is 3.74. The molecular weight excluding hydrogens is 366 g/mol. The van der Waals surface area contributed by atoms with E-state index in [-0.39, 0.29) is 36.6 Å². The molecule has 1 aliphatic carbocycles. The third kappa shape index (κ3) is 3.23. The molecule has 1 aliphatic heterocycles. The maximum atomic E-state index is 12.4. The second kappa shape index (κ2) is 7.16. The molecule has 5 nitrogen and oxygen atoms in total.